The smallest absolute Gasteiger partial charge is 0.0131 e. The molecule has 0 heterocycles. The van der Waals surface area contributed by atoms with Crippen molar-refractivity contribution in [3.63, 3.8) is 0 Å². The van der Waals surface area contributed by atoms with Crippen molar-refractivity contribution in [3.05, 3.63) is 108 Å². The molecule has 0 spiro atoms. The molecule has 1 atom stereocenters. The lowest BCUT2D eigenvalue weighted by Gasteiger charge is -2.23. The topological polar surface area (TPSA) is 0 Å². The Morgan fingerprint density at radius 2 is 1.11 bits per heavy atom. The van der Waals surface area contributed by atoms with Gasteiger partial charge in [0.15, 0.2) is 0 Å². The largest absolute Gasteiger partial charge is 0.0622 e. The molecule has 0 saturated carbocycles. The monoisotopic (exact) mass is 360 g/mol. The fraction of sp³-hybridized carbons (Fsp3) is 0.143. The summed E-state index contributed by atoms with van der Waals surface area (Å²) in [6.45, 7) is 4.70. The van der Waals surface area contributed by atoms with Crippen LogP contribution in [0.2, 0.25) is 0 Å². The molecule has 0 fully saturated rings. The SMILES string of the molecule is CC(C)C1c2ccccc2-c2ccc(-c3ccccc3)c(-c3ccccc3)c21. The van der Waals surface area contributed by atoms with Crippen molar-refractivity contribution >= 4 is 0 Å². The highest BCUT2D eigenvalue weighted by Crippen LogP contribution is 2.53. The number of benzene rings is 4. The highest BCUT2D eigenvalue weighted by atomic mass is 14.4. The summed E-state index contributed by atoms with van der Waals surface area (Å²) in [4.78, 5) is 0. The average molecular weight is 361 g/mol. The Morgan fingerprint density at radius 1 is 0.536 bits per heavy atom. The first-order valence-corrected chi connectivity index (χ1v) is 10.1. The Bertz CT molecular complexity index is 1120. The number of rotatable bonds is 3. The first-order chi connectivity index (χ1) is 13.8. The zero-order chi connectivity index (χ0) is 19.1. The summed E-state index contributed by atoms with van der Waals surface area (Å²) in [6.07, 6.45) is 0. The molecular formula is C28H24. The molecule has 0 aromatic heterocycles. The lowest BCUT2D eigenvalue weighted by atomic mass is 9.80. The van der Waals surface area contributed by atoms with E-state index in [0.29, 0.717) is 11.8 Å². The van der Waals surface area contributed by atoms with Gasteiger partial charge in [0.25, 0.3) is 0 Å². The van der Waals surface area contributed by atoms with Crippen molar-refractivity contribution in [3.8, 4) is 33.4 Å². The summed E-state index contributed by atoms with van der Waals surface area (Å²) in [7, 11) is 0. The molecule has 0 bridgehead atoms. The van der Waals surface area contributed by atoms with E-state index >= 15 is 0 Å². The molecule has 4 aromatic carbocycles. The molecule has 1 aliphatic rings. The fourth-order valence-electron chi connectivity index (χ4n) is 4.81. The van der Waals surface area contributed by atoms with Crippen LogP contribution in [0.1, 0.15) is 30.9 Å². The van der Waals surface area contributed by atoms with Crippen LogP contribution in [-0.2, 0) is 0 Å². The second-order valence-corrected chi connectivity index (χ2v) is 7.99. The van der Waals surface area contributed by atoms with E-state index in [2.05, 4.69) is 111 Å². The van der Waals surface area contributed by atoms with Crippen LogP contribution in [0.15, 0.2) is 97.1 Å². The van der Waals surface area contributed by atoms with E-state index in [1.807, 2.05) is 0 Å². The van der Waals surface area contributed by atoms with Gasteiger partial charge < -0.3 is 0 Å². The van der Waals surface area contributed by atoms with Crippen LogP contribution in [0.4, 0.5) is 0 Å². The average Bonchev–Trinajstić information content (AvgIpc) is 3.09. The van der Waals surface area contributed by atoms with Gasteiger partial charge in [0.05, 0.1) is 0 Å². The Labute approximate surface area is 167 Å². The number of hydrogen-bond acceptors (Lipinski definition) is 0. The third-order valence-electron chi connectivity index (χ3n) is 5.96. The fourth-order valence-corrected chi connectivity index (χ4v) is 4.81. The van der Waals surface area contributed by atoms with Gasteiger partial charge in [-0.05, 0) is 50.4 Å². The summed E-state index contributed by atoms with van der Waals surface area (Å²) < 4.78 is 0. The minimum Gasteiger partial charge on any atom is -0.0622 e. The molecule has 0 aliphatic heterocycles. The van der Waals surface area contributed by atoms with Crippen molar-refractivity contribution < 1.29 is 0 Å². The normalized spacial score (nSPS) is 14.8. The Morgan fingerprint density at radius 3 is 1.79 bits per heavy atom. The van der Waals surface area contributed by atoms with Crippen LogP contribution in [0.25, 0.3) is 33.4 Å². The second kappa shape index (κ2) is 6.80. The van der Waals surface area contributed by atoms with Gasteiger partial charge in [-0.3, -0.25) is 0 Å². The van der Waals surface area contributed by atoms with Gasteiger partial charge in [0.1, 0.15) is 0 Å². The van der Waals surface area contributed by atoms with E-state index in [-0.39, 0.29) is 0 Å². The summed E-state index contributed by atoms with van der Waals surface area (Å²) in [5, 5.41) is 0. The lowest BCUT2D eigenvalue weighted by molar-refractivity contribution is 0.574. The summed E-state index contributed by atoms with van der Waals surface area (Å²) >= 11 is 0. The zero-order valence-corrected chi connectivity index (χ0v) is 16.4. The summed E-state index contributed by atoms with van der Waals surface area (Å²) in [5.74, 6) is 0.959. The van der Waals surface area contributed by atoms with Crippen molar-refractivity contribution in [2.45, 2.75) is 19.8 Å². The van der Waals surface area contributed by atoms with Gasteiger partial charge in [-0.2, -0.15) is 0 Å². The molecule has 0 N–H and O–H groups in total. The van der Waals surface area contributed by atoms with Crippen LogP contribution in [-0.4, -0.2) is 0 Å². The van der Waals surface area contributed by atoms with Gasteiger partial charge in [0.2, 0.25) is 0 Å². The van der Waals surface area contributed by atoms with E-state index in [9.17, 15) is 0 Å². The lowest BCUT2D eigenvalue weighted by Crippen LogP contribution is -2.07. The van der Waals surface area contributed by atoms with E-state index < -0.39 is 0 Å². The standard InChI is InChI=1S/C28H24/c1-19(2)26-24-16-10-9-15-23(24)25-18-17-22(20-11-5-3-6-12-20)27(28(25)26)21-13-7-4-8-14-21/h3-19,26H,1-2H3. The van der Waals surface area contributed by atoms with Crippen molar-refractivity contribution in [2.24, 2.45) is 5.92 Å². The summed E-state index contributed by atoms with van der Waals surface area (Å²) in [6, 6.07) is 35.3. The van der Waals surface area contributed by atoms with Gasteiger partial charge in [-0.1, -0.05) is 111 Å². The third-order valence-corrected chi connectivity index (χ3v) is 5.96. The molecule has 0 nitrogen and oxygen atoms in total. The molecule has 1 unspecified atom stereocenters. The highest BCUT2D eigenvalue weighted by Gasteiger charge is 2.34. The molecule has 5 rings (SSSR count). The maximum Gasteiger partial charge on any atom is 0.0131 e. The summed E-state index contributed by atoms with van der Waals surface area (Å²) in [5.41, 5.74) is 11.0. The first kappa shape index (κ1) is 17.0. The number of fused-ring (bicyclic) bond motifs is 3. The molecule has 28 heavy (non-hydrogen) atoms. The first-order valence-electron chi connectivity index (χ1n) is 10.1. The molecule has 1 aliphatic carbocycles. The maximum absolute atomic E-state index is 2.35. The molecule has 0 heteroatoms. The molecule has 136 valence electrons. The van der Waals surface area contributed by atoms with Gasteiger partial charge in [-0.25, -0.2) is 0 Å². The molecule has 0 saturated heterocycles. The van der Waals surface area contributed by atoms with Crippen LogP contribution >= 0.6 is 0 Å². The van der Waals surface area contributed by atoms with Gasteiger partial charge >= 0.3 is 0 Å². The molecular weight excluding hydrogens is 336 g/mol. The minimum absolute atomic E-state index is 0.421. The van der Waals surface area contributed by atoms with Gasteiger partial charge in [0, 0.05) is 5.92 Å². The third kappa shape index (κ3) is 2.60. The van der Waals surface area contributed by atoms with Crippen molar-refractivity contribution in [1.82, 2.24) is 0 Å². The Hall–Kier alpha value is -3.12. The van der Waals surface area contributed by atoms with E-state index in [1.54, 1.807) is 0 Å². The van der Waals surface area contributed by atoms with E-state index in [4.69, 9.17) is 0 Å². The predicted molar refractivity (Wildman–Crippen MR) is 119 cm³/mol. The minimum atomic E-state index is 0.421. The zero-order valence-electron chi connectivity index (χ0n) is 16.4. The van der Waals surface area contributed by atoms with Crippen LogP contribution in [0, 0.1) is 5.92 Å². The number of hydrogen-bond donors (Lipinski definition) is 0. The maximum atomic E-state index is 2.35. The van der Waals surface area contributed by atoms with Crippen LogP contribution in [0.3, 0.4) is 0 Å². The van der Waals surface area contributed by atoms with Gasteiger partial charge in [-0.15, -0.1) is 0 Å². The van der Waals surface area contributed by atoms with Crippen molar-refractivity contribution in [1.29, 1.82) is 0 Å². The molecule has 4 aromatic rings. The second-order valence-electron chi connectivity index (χ2n) is 7.99. The Kier molecular flexibility index (Phi) is 4.13. The predicted octanol–water partition coefficient (Wildman–Crippen LogP) is 7.79. The molecule has 0 amide bonds. The Balaban J connectivity index is 1.88. The molecule has 0 radical (unpaired) electrons. The quantitative estimate of drug-likeness (QED) is 0.350. The van der Waals surface area contributed by atoms with E-state index in [1.165, 1.54) is 44.5 Å². The van der Waals surface area contributed by atoms with E-state index in [0.717, 1.165) is 0 Å². The van der Waals surface area contributed by atoms with Crippen molar-refractivity contribution in [2.75, 3.05) is 0 Å². The highest BCUT2D eigenvalue weighted by molar-refractivity contribution is 5.94. The van der Waals surface area contributed by atoms with Crippen LogP contribution in [0.5, 0.6) is 0 Å². The van der Waals surface area contributed by atoms with Crippen LogP contribution < -0.4 is 0 Å².